The Bertz CT molecular complexity index is 1340. The van der Waals surface area contributed by atoms with Crippen LogP contribution in [0.1, 0.15) is 58.6 Å². The molecule has 4 rings (SSSR count). The van der Waals surface area contributed by atoms with E-state index in [4.69, 9.17) is 11.6 Å². The summed E-state index contributed by atoms with van der Waals surface area (Å²) in [6.07, 6.45) is 4.12. The standard InChI is InChI=1S/C29H32ClN5O4/c1-18-7-11-20(12-8-18)29(39)32-22-13-9-19(10-14-22)15-24-33-27(30)23(16-26(37)38)28(34-24)35(2)17-25(36)31-21-5-3-4-6-21/h7-14,21H,3-6,15-17H2,1-2H3,(H,31,36)(H,32,39)(H,37,38). The maximum Gasteiger partial charge on any atom is 0.308 e. The number of carboxylic acid groups (broad SMARTS) is 1. The van der Waals surface area contributed by atoms with E-state index in [2.05, 4.69) is 20.6 Å². The van der Waals surface area contributed by atoms with Gasteiger partial charge in [-0.05, 0) is 49.6 Å². The summed E-state index contributed by atoms with van der Waals surface area (Å²) < 4.78 is 0. The molecule has 0 saturated heterocycles. The van der Waals surface area contributed by atoms with Crippen LogP contribution in [0.2, 0.25) is 5.15 Å². The third kappa shape index (κ3) is 7.77. The Morgan fingerprint density at radius 1 is 1.03 bits per heavy atom. The van der Waals surface area contributed by atoms with E-state index in [-0.39, 0.29) is 41.5 Å². The van der Waals surface area contributed by atoms with Gasteiger partial charge in [0.2, 0.25) is 5.91 Å². The van der Waals surface area contributed by atoms with Crippen molar-refractivity contribution in [2.45, 2.75) is 51.5 Å². The first kappa shape index (κ1) is 28.0. The summed E-state index contributed by atoms with van der Waals surface area (Å²) in [7, 11) is 1.69. The van der Waals surface area contributed by atoms with Gasteiger partial charge in [0.15, 0.2) is 0 Å². The summed E-state index contributed by atoms with van der Waals surface area (Å²) in [4.78, 5) is 47.2. The van der Waals surface area contributed by atoms with Crippen molar-refractivity contribution in [2.24, 2.45) is 0 Å². The van der Waals surface area contributed by atoms with Gasteiger partial charge in [0.25, 0.3) is 5.91 Å². The van der Waals surface area contributed by atoms with Gasteiger partial charge in [0.1, 0.15) is 16.8 Å². The van der Waals surface area contributed by atoms with E-state index < -0.39 is 5.97 Å². The molecule has 0 spiro atoms. The fourth-order valence-electron chi connectivity index (χ4n) is 4.62. The van der Waals surface area contributed by atoms with Crippen LogP contribution in [0.4, 0.5) is 11.5 Å². The van der Waals surface area contributed by atoms with Crippen molar-refractivity contribution in [3.05, 3.63) is 81.8 Å². The number of hydrogen-bond donors (Lipinski definition) is 3. The summed E-state index contributed by atoms with van der Waals surface area (Å²) in [5.74, 6) is -0.706. The van der Waals surface area contributed by atoms with Gasteiger partial charge in [-0.1, -0.05) is 54.3 Å². The average Bonchev–Trinajstić information content (AvgIpc) is 3.39. The highest BCUT2D eigenvalue weighted by Gasteiger charge is 2.22. The number of carbonyl (C=O) groups excluding carboxylic acids is 2. The molecule has 3 aromatic rings. The fraction of sp³-hybridized carbons (Fsp3) is 0.345. The monoisotopic (exact) mass is 549 g/mol. The molecule has 2 amide bonds. The third-order valence-electron chi connectivity index (χ3n) is 6.66. The molecule has 1 fully saturated rings. The first-order valence-electron chi connectivity index (χ1n) is 12.9. The number of nitrogens with zero attached hydrogens (tertiary/aromatic N) is 3. The van der Waals surface area contributed by atoms with Crippen molar-refractivity contribution in [1.82, 2.24) is 15.3 Å². The van der Waals surface area contributed by atoms with Crippen LogP contribution in [0.5, 0.6) is 0 Å². The molecule has 0 radical (unpaired) electrons. The van der Waals surface area contributed by atoms with E-state index >= 15 is 0 Å². The molecule has 2 aromatic carbocycles. The Kier molecular flexibility index (Phi) is 9.14. The van der Waals surface area contributed by atoms with E-state index in [9.17, 15) is 19.5 Å². The van der Waals surface area contributed by atoms with Gasteiger partial charge < -0.3 is 20.6 Å². The van der Waals surface area contributed by atoms with Crippen LogP contribution in [0.3, 0.4) is 0 Å². The first-order valence-corrected chi connectivity index (χ1v) is 13.3. The molecule has 39 heavy (non-hydrogen) atoms. The molecular formula is C29H32ClN5O4. The van der Waals surface area contributed by atoms with Crippen LogP contribution >= 0.6 is 11.6 Å². The van der Waals surface area contributed by atoms with Gasteiger partial charge in [-0.3, -0.25) is 14.4 Å². The Balaban J connectivity index is 1.47. The second-order valence-corrected chi connectivity index (χ2v) is 10.3. The predicted octanol–water partition coefficient (Wildman–Crippen LogP) is 4.40. The summed E-state index contributed by atoms with van der Waals surface area (Å²) in [6, 6.07) is 14.8. The maximum absolute atomic E-state index is 12.6. The summed E-state index contributed by atoms with van der Waals surface area (Å²) in [6.45, 7) is 1.98. The molecule has 204 valence electrons. The minimum Gasteiger partial charge on any atom is -0.481 e. The van der Waals surface area contributed by atoms with Crippen molar-refractivity contribution in [1.29, 1.82) is 0 Å². The minimum absolute atomic E-state index is 0.0191. The Morgan fingerprint density at radius 2 is 1.69 bits per heavy atom. The summed E-state index contributed by atoms with van der Waals surface area (Å²) in [5.41, 5.74) is 3.43. The zero-order valence-electron chi connectivity index (χ0n) is 22.0. The minimum atomic E-state index is -1.07. The molecule has 0 unspecified atom stereocenters. The number of anilines is 2. The number of hydrogen-bond acceptors (Lipinski definition) is 6. The zero-order valence-corrected chi connectivity index (χ0v) is 22.8. The van der Waals surface area contributed by atoms with Crippen LogP contribution in [-0.2, 0) is 22.4 Å². The number of benzene rings is 2. The van der Waals surface area contributed by atoms with Gasteiger partial charge in [-0.15, -0.1) is 0 Å². The summed E-state index contributed by atoms with van der Waals surface area (Å²) in [5, 5.41) is 15.4. The number of carbonyl (C=O) groups is 3. The largest absolute Gasteiger partial charge is 0.481 e. The fourth-order valence-corrected chi connectivity index (χ4v) is 4.87. The van der Waals surface area contributed by atoms with Gasteiger partial charge in [0, 0.05) is 36.3 Å². The van der Waals surface area contributed by atoms with Crippen molar-refractivity contribution in [2.75, 3.05) is 23.8 Å². The lowest BCUT2D eigenvalue weighted by Gasteiger charge is -2.22. The van der Waals surface area contributed by atoms with E-state index in [0.29, 0.717) is 29.3 Å². The number of rotatable bonds is 10. The zero-order chi connectivity index (χ0) is 27.9. The number of carboxylic acids is 1. The van der Waals surface area contributed by atoms with E-state index in [1.807, 2.05) is 31.2 Å². The molecule has 1 aliphatic rings. The maximum atomic E-state index is 12.6. The van der Waals surface area contributed by atoms with Crippen LogP contribution in [0, 0.1) is 6.92 Å². The van der Waals surface area contributed by atoms with Crippen LogP contribution in [-0.4, -0.2) is 52.5 Å². The second-order valence-electron chi connectivity index (χ2n) is 9.90. The van der Waals surface area contributed by atoms with Gasteiger partial charge in [-0.2, -0.15) is 0 Å². The first-order chi connectivity index (χ1) is 18.7. The number of amides is 2. The van der Waals surface area contributed by atoms with E-state index in [1.165, 1.54) is 0 Å². The Morgan fingerprint density at radius 3 is 2.33 bits per heavy atom. The van der Waals surface area contributed by atoms with Crippen LogP contribution < -0.4 is 15.5 Å². The van der Waals surface area contributed by atoms with Crippen molar-refractivity contribution in [3.8, 4) is 0 Å². The topological polar surface area (TPSA) is 125 Å². The average molecular weight is 550 g/mol. The highest BCUT2D eigenvalue weighted by molar-refractivity contribution is 6.30. The molecule has 0 aliphatic heterocycles. The number of likely N-dealkylation sites (N-methyl/N-ethyl adjacent to an activating group) is 1. The van der Waals surface area contributed by atoms with Crippen LogP contribution in [0.15, 0.2) is 48.5 Å². The molecule has 1 aromatic heterocycles. The molecule has 10 heteroatoms. The molecule has 0 bridgehead atoms. The Hall–Kier alpha value is -3.98. The van der Waals surface area contributed by atoms with E-state index in [0.717, 1.165) is 36.8 Å². The number of aryl methyl sites for hydroxylation is 1. The normalized spacial score (nSPS) is 13.2. The van der Waals surface area contributed by atoms with Crippen molar-refractivity contribution >= 4 is 40.9 Å². The number of nitrogens with one attached hydrogen (secondary N) is 2. The van der Waals surface area contributed by atoms with Crippen molar-refractivity contribution < 1.29 is 19.5 Å². The van der Waals surface area contributed by atoms with Crippen molar-refractivity contribution in [3.63, 3.8) is 0 Å². The number of halogens is 1. The SMILES string of the molecule is Cc1ccc(C(=O)Nc2ccc(Cc3nc(Cl)c(CC(=O)O)c(N(C)CC(=O)NC4CCCC4)n3)cc2)cc1. The quantitative estimate of drug-likeness (QED) is 0.320. The smallest absolute Gasteiger partial charge is 0.308 e. The summed E-state index contributed by atoms with van der Waals surface area (Å²) >= 11 is 6.42. The highest BCUT2D eigenvalue weighted by Crippen LogP contribution is 2.26. The lowest BCUT2D eigenvalue weighted by atomic mass is 10.1. The number of aromatic nitrogens is 2. The van der Waals surface area contributed by atoms with Gasteiger partial charge in [0.05, 0.1) is 13.0 Å². The molecule has 0 atom stereocenters. The highest BCUT2D eigenvalue weighted by atomic mass is 35.5. The molecule has 1 saturated carbocycles. The second kappa shape index (κ2) is 12.7. The Labute approximate surface area is 232 Å². The lowest BCUT2D eigenvalue weighted by Crippen LogP contribution is -2.40. The van der Waals surface area contributed by atoms with Gasteiger partial charge >= 0.3 is 5.97 Å². The van der Waals surface area contributed by atoms with Gasteiger partial charge in [-0.25, -0.2) is 9.97 Å². The molecular weight excluding hydrogens is 518 g/mol. The predicted molar refractivity (Wildman–Crippen MR) is 150 cm³/mol. The number of aliphatic carboxylic acids is 1. The third-order valence-corrected chi connectivity index (χ3v) is 6.97. The molecule has 1 aliphatic carbocycles. The van der Waals surface area contributed by atoms with E-state index in [1.54, 1.807) is 36.2 Å². The lowest BCUT2D eigenvalue weighted by molar-refractivity contribution is -0.136. The molecule has 9 nitrogen and oxygen atoms in total. The molecule has 3 N–H and O–H groups in total. The molecule has 1 heterocycles. The van der Waals surface area contributed by atoms with Crippen LogP contribution in [0.25, 0.3) is 0 Å².